The minimum absolute atomic E-state index is 0.0355. The lowest BCUT2D eigenvalue weighted by Gasteiger charge is -2.32. The summed E-state index contributed by atoms with van der Waals surface area (Å²) >= 11 is 3.34. The van der Waals surface area contributed by atoms with Crippen molar-refractivity contribution in [3.05, 3.63) is 21.9 Å². The maximum atomic E-state index is 12.3. The number of amides is 1. The molecule has 7 heteroatoms. The predicted molar refractivity (Wildman–Crippen MR) is 80.8 cm³/mol. The van der Waals surface area contributed by atoms with Gasteiger partial charge in [-0.05, 0) is 55.6 Å². The molecule has 0 spiro atoms. The highest BCUT2D eigenvalue weighted by atomic mass is 79.9. The number of carboxylic acid groups (broad SMARTS) is 1. The molecule has 1 amide bonds. The van der Waals surface area contributed by atoms with Crippen LogP contribution in [0.3, 0.4) is 0 Å². The lowest BCUT2D eigenvalue weighted by Crippen LogP contribution is -2.40. The van der Waals surface area contributed by atoms with Crippen molar-refractivity contribution in [2.75, 3.05) is 11.4 Å². The van der Waals surface area contributed by atoms with Gasteiger partial charge >= 0.3 is 12.1 Å². The van der Waals surface area contributed by atoms with Crippen molar-refractivity contribution in [3.8, 4) is 0 Å². The van der Waals surface area contributed by atoms with Gasteiger partial charge in [-0.3, -0.25) is 4.90 Å². The minimum atomic E-state index is -1.09. The van der Waals surface area contributed by atoms with Gasteiger partial charge < -0.3 is 9.84 Å². The van der Waals surface area contributed by atoms with Gasteiger partial charge in [0.2, 0.25) is 0 Å². The van der Waals surface area contributed by atoms with Crippen LogP contribution in [0.4, 0.5) is 10.5 Å². The Bertz CT molecular complexity index is 595. The molecule has 0 saturated heterocycles. The third-order valence-corrected chi connectivity index (χ3v) is 3.52. The zero-order chi connectivity index (χ0) is 15.8. The first-order valence-corrected chi connectivity index (χ1v) is 7.41. The van der Waals surface area contributed by atoms with E-state index in [-0.39, 0.29) is 5.69 Å². The van der Waals surface area contributed by atoms with Gasteiger partial charge in [-0.2, -0.15) is 0 Å². The molecule has 0 bridgehead atoms. The van der Waals surface area contributed by atoms with Crippen LogP contribution < -0.4 is 4.90 Å². The van der Waals surface area contributed by atoms with Crippen LogP contribution in [0.5, 0.6) is 0 Å². The number of carbonyl (C=O) groups excluding carboxylic acids is 1. The second-order valence-corrected chi connectivity index (χ2v) is 6.68. The van der Waals surface area contributed by atoms with Crippen molar-refractivity contribution >= 4 is 33.7 Å². The standard InChI is InChI=1S/C14H17BrN2O4/c1-14(2,3)21-13(20)17-6-4-5-9-11(17)8(15)7-10(16-9)12(18)19/h7H,4-6H2,1-3H3,(H,18,19). The summed E-state index contributed by atoms with van der Waals surface area (Å²) in [5.41, 5.74) is 0.571. The van der Waals surface area contributed by atoms with Gasteiger partial charge in [0.1, 0.15) is 11.3 Å². The number of rotatable bonds is 1. The third-order valence-electron chi connectivity index (χ3n) is 2.92. The van der Waals surface area contributed by atoms with E-state index in [1.807, 2.05) is 0 Å². The molecule has 1 aliphatic heterocycles. The van der Waals surface area contributed by atoms with Crippen molar-refractivity contribution in [2.45, 2.75) is 39.2 Å². The van der Waals surface area contributed by atoms with E-state index in [1.54, 1.807) is 20.8 Å². The number of aromatic nitrogens is 1. The zero-order valence-corrected chi connectivity index (χ0v) is 13.7. The lowest BCUT2D eigenvalue weighted by atomic mass is 10.1. The average Bonchev–Trinajstić information content (AvgIpc) is 2.35. The largest absolute Gasteiger partial charge is 0.477 e. The first-order chi connectivity index (χ1) is 9.69. The van der Waals surface area contributed by atoms with Crippen LogP contribution in [0.1, 0.15) is 43.4 Å². The summed E-state index contributed by atoms with van der Waals surface area (Å²) in [5.74, 6) is -1.09. The molecule has 1 aromatic rings. The zero-order valence-electron chi connectivity index (χ0n) is 12.1. The molecule has 1 aliphatic rings. The summed E-state index contributed by atoms with van der Waals surface area (Å²) in [5, 5.41) is 9.05. The molecule has 0 atom stereocenters. The molecular weight excluding hydrogens is 340 g/mol. The second kappa shape index (κ2) is 5.63. The quantitative estimate of drug-likeness (QED) is 0.835. The summed E-state index contributed by atoms with van der Waals surface area (Å²) in [6.45, 7) is 5.93. The SMILES string of the molecule is CC(C)(C)OC(=O)N1CCCc2nc(C(=O)O)cc(Br)c21. The van der Waals surface area contributed by atoms with Crippen molar-refractivity contribution in [2.24, 2.45) is 0 Å². The molecule has 1 N–H and O–H groups in total. The minimum Gasteiger partial charge on any atom is -0.477 e. The topological polar surface area (TPSA) is 79.7 Å². The lowest BCUT2D eigenvalue weighted by molar-refractivity contribution is 0.0577. The number of carboxylic acids is 1. The van der Waals surface area contributed by atoms with Crippen molar-refractivity contribution < 1.29 is 19.4 Å². The molecule has 21 heavy (non-hydrogen) atoms. The first kappa shape index (κ1) is 15.8. The summed E-state index contributed by atoms with van der Waals surface area (Å²) in [7, 11) is 0. The van der Waals surface area contributed by atoms with Crippen molar-refractivity contribution in [1.82, 2.24) is 4.98 Å². The maximum Gasteiger partial charge on any atom is 0.414 e. The Balaban J connectivity index is 2.40. The number of anilines is 1. The normalized spacial score (nSPS) is 14.6. The molecule has 1 aromatic heterocycles. The molecule has 0 aromatic carbocycles. The average molecular weight is 357 g/mol. The van der Waals surface area contributed by atoms with Gasteiger partial charge in [0.25, 0.3) is 0 Å². The van der Waals surface area contributed by atoms with E-state index in [0.717, 1.165) is 6.42 Å². The highest BCUT2D eigenvalue weighted by molar-refractivity contribution is 9.10. The molecule has 0 fully saturated rings. The summed E-state index contributed by atoms with van der Waals surface area (Å²) in [6.07, 6.45) is 0.900. The molecular formula is C14H17BrN2O4. The number of ether oxygens (including phenoxy) is 1. The van der Waals surface area contributed by atoms with E-state index in [9.17, 15) is 9.59 Å². The number of hydrogen-bond acceptors (Lipinski definition) is 4. The molecule has 0 aliphatic carbocycles. The van der Waals surface area contributed by atoms with Crippen LogP contribution >= 0.6 is 15.9 Å². The monoisotopic (exact) mass is 356 g/mol. The van der Waals surface area contributed by atoms with Crippen LogP contribution in [-0.4, -0.2) is 34.3 Å². The summed E-state index contributed by atoms with van der Waals surface area (Å²) < 4.78 is 5.93. The fourth-order valence-electron chi connectivity index (χ4n) is 2.14. The van der Waals surface area contributed by atoms with E-state index >= 15 is 0 Å². The maximum absolute atomic E-state index is 12.3. The van der Waals surface area contributed by atoms with Crippen LogP contribution in [0.25, 0.3) is 0 Å². The fraction of sp³-hybridized carbons (Fsp3) is 0.500. The van der Waals surface area contributed by atoms with Gasteiger partial charge in [0.15, 0.2) is 0 Å². The number of fused-ring (bicyclic) bond motifs is 1. The number of pyridine rings is 1. The van der Waals surface area contributed by atoms with Crippen LogP contribution in [0.15, 0.2) is 10.5 Å². The van der Waals surface area contributed by atoms with Crippen molar-refractivity contribution in [1.29, 1.82) is 0 Å². The third kappa shape index (κ3) is 3.53. The summed E-state index contributed by atoms with van der Waals surface area (Å²) in [4.78, 5) is 29.0. The first-order valence-electron chi connectivity index (χ1n) is 6.62. The highest BCUT2D eigenvalue weighted by Crippen LogP contribution is 2.35. The van der Waals surface area contributed by atoms with Crippen LogP contribution in [0, 0.1) is 0 Å². The smallest absolute Gasteiger partial charge is 0.414 e. The number of aryl methyl sites for hydroxylation is 1. The molecule has 2 heterocycles. The Hall–Kier alpha value is -1.63. The highest BCUT2D eigenvalue weighted by Gasteiger charge is 2.30. The van der Waals surface area contributed by atoms with Crippen LogP contribution in [0.2, 0.25) is 0 Å². The number of nitrogens with zero attached hydrogens (tertiary/aromatic N) is 2. The molecule has 0 radical (unpaired) electrons. The van der Waals surface area contributed by atoms with Gasteiger partial charge in [-0.1, -0.05) is 0 Å². The molecule has 0 saturated carbocycles. The Morgan fingerprint density at radius 3 is 2.67 bits per heavy atom. The number of hydrogen-bond donors (Lipinski definition) is 1. The van der Waals surface area contributed by atoms with Crippen LogP contribution in [-0.2, 0) is 11.2 Å². The van der Waals surface area contributed by atoms with E-state index in [0.29, 0.717) is 28.8 Å². The summed E-state index contributed by atoms with van der Waals surface area (Å²) in [6, 6.07) is 1.41. The van der Waals surface area contributed by atoms with E-state index in [4.69, 9.17) is 9.84 Å². The number of halogens is 1. The van der Waals surface area contributed by atoms with E-state index < -0.39 is 17.7 Å². The van der Waals surface area contributed by atoms with Gasteiger partial charge in [0.05, 0.1) is 11.4 Å². The molecule has 0 unspecified atom stereocenters. The van der Waals surface area contributed by atoms with E-state index in [2.05, 4.69) is 20.9 Å². The van der Waals surface area contributed by atoms with Gasteiger partial charge in [0, 0.05) is 11.0 Å². The van der Waals surface area contributed by atoms with Gasteiger partial charge in [-0.15, -0.1) is 0 Å². The molecule has 2 rings (SSSR count). The Morgan fingerprint density at radius 2 is 2.10 bits per heavy atom. The molecule has 6 nitrogen and oxygen atoms in total. The Kier molecular flexibility index (Phi) is 4.22. The number of aromatic carboxylic acids is 1. The van der Waals surface area contributed by atoms with Gasteiger partial charge in [-0.25, -0.2) is 14.6 Å². The van der Waals surface area contributed by atoms with Crippen molar-refractivity contribution in [3.63, 3.8) is 0 Å². The van der Waals surface area contributed by atoms with E-state index in [1.165, 1.54) is 11.0 Å². The second-order valence-electron chi connectivity index (χ2n) is 5.83. The predicted octanol–water partition coefficient (Wildman–Crippen LogP) is 3.23. The number of carbonyl (C=O) groups is 2. The molecule has 114 valence electrons. The Labute approximate surface area is 131 Å². The Morgan fingerprint density at radius 1 is 1.43 bits per heavy atom. The fourth-order valence-corrected chi connectivity index (χ4v) is 2.80.